The molecule has 0 unspecified atom stereocenters. The van der Waals surface area contributed by atoms with Crippen LogP contribution in [-0.4, -0.2) is 61.9 Å². The van der Waals surface area contributed by atoms with Crippen molar-refractivity contribution >= 4 is 26.0 Å². The summed E-state index contributed by atoms with van der Waals surface area (Å²) in [4.78, 5) is 2.40. The first-order valence-corrected chi connectivity index (χ1v) is 10.7. The summed E-state index contributed by atoms with van der Waals surface area (Å²) >= 11 is 3.46. The van der Waals surface area contributed by atoms with Crippen molar-refractivity contribution in [1.29, 1.82) is 0 Å². The molecule has 20 heavy (non-hydrogen) atoms. The molecule has 0 bridgehead atoms. The maximum absolute atomic E-state index is 11.4. The van der Waals surface area contributed by atoms with Crippen LogP contribution < -0.4 is 0 Å². The highest BCUT2D eigenvalue weighted by atomic mass is 79.9. The van der Waals surface area contributed by atoms with Gasteiger partial charge in [-0.2, -0.15) is 4.31 Å². The maximum Gasteiger partial charge on any atom is 0.211 e. The van der Waals surface area contributed by atoms with E-state index in [0.717, 1.165) is 25.0 Å². The molecule has 0 aliphatic carbocycles. The molecule has 0 aromatic heterocycles. The van der Waals surface area contributed by atoms with Crippen molar-refractivity contribution in [2.75, 3.05) is 44.3 Å². The number of alkyl halides is 1. The summed E-state index contributed by atoms with van der Waals surface area (Å²) in [5.41, 5.74) is 0. The molecule has 1 fully saturated rings. The molecule has 1 aliphatic heterocycles. The predicted molar refractivity (Wildman–Crippen MR) is 89.0 cm³/mol. The van der Waals surface area contributed by atoms with Crippen LogP contribution in [0.25, 0.3) is 0 Å². The Hall–Kier alpha value is 0.350. The van der Waals surface area contributed by atoms with Gasteiger partial charge in [-0.15, -0.1) is 0 Å². The molecule has 4 nitrogen and oxygen atoms in total. The summed E-state index contributed by atoms with van der Waals surface area (Å²) in [7, 11) is -2.99. The van der Waals surface area contributed by atoms with E-state index in [1.807, 2.05) is 0 Å². The third-order valence-electron chi connectivity index (χ3n) is 3.91. The first kappa shape index (κ1) is 18.4. The fourth-order valence-electron chi connectivity index (χ4n) is 2.60. The van der Waals surface area contributed by atoms with E-state index in [9.17, 15) is 8.42 Å². The molecule has 6 heteroatoms. The molecule has 0 aromatic rings. The number of piperazine rings is 1. The van der Waals surface area contributed by atoms with Gasteiger partial charge in [0.15, 0.2) is 0 Å². The number of halogens is 1. The quantitative estimate of drug-likeness (QED) is 0.439. The fraction of sp³-hybridized carbons (Fsp3) is 1.00. The Balaban J connectivity index is 1.97. The first-order valence-electron chi connectivity index (χ1n) is 7.77. The zero-order valence-corrected chi connectivity index (χ0v) is 15.1. The zero-order chi connectivity index (χ0) is 14.8. The van der Waals surface area contributed by atoms with Gasteiger partial charge in [0.2, 0.25) is 10.0 Å². The van der Waals surface area contributed by atoms with Crippen molar-refractivity contribution in [3.63, 3.8) is 0 Å². The molecule has 120 valence electrons. The Morgan fingerprint density at radius 1 is 0.850 bits per heavy atom. The van der Waals surface area contributed by atoms with E-state index < -0.39 is 10.0 Å². The van der Waals surface area contributed by atoms with Crippen molar-refractivity contribution in [2.24, 2.45) is 0 Å². The fourth-order valence-corrected chi connectivity index (χ4v) is 3.82. The van der Waals surface area contributed by atoms with Crippen molar-refractivity contribution in [2.45, 2.75) is 44.9 Å². The number of hydrogen-bond acceptors (Lipinski definition) is 3. The first-order chi connectivity index (χ1) is 9.54. The van der Waals surface area contributed by atoms with E-state index in [4.69, 9.17) is 0 Å². The van der Waals surface area contributed by atoms with Crippen LogP contribution in [0.1, 0.15) is 44.9 Å². The highest BCUT2D eigenvalue weighted by Gasteiger charge is 2.22. The number of rotatable bonds is 10. The molecule has 0 amide bonds. The lowest BCUT2D eigenvalue weighted by atomic mass is 10.1. The lowest BCUT2D eigenvalue weighted by Crippen LogP contribution is -2.48. The zero-order valence-electron chi connectivity index (χ0n) is 12.7. The Kier molecular flexibility index (Phi) is 9.33. The van der Waals surface area contributed by atoms with Crippen LogP contribution in [-0.2, 0) is 10.0 Å². The minimum absolute atomic E-state index is 0.658. The molecule has 0 spiro atoms. The van der Waals surface area contributed by atoms with Crippen LogP contribution in [0.3, 0.4) is 0 Å². The molecule has 0 aromatic carbocycles. The van der Waals surface area contributed by atoms with Crippen LogP contribution in [0.15, 0.2) is 0 Å². The number of unbranched alkanes of at least 4 members (excludes halogenated alkanes) is 6. The molecule has 0 saturated carbocycles. The molecule has 0 atom stereocenters. The molecular formula is C14H29BrN2O2S. The Morgan fingerprint density at radius 3 is 1.85 bits per heavy atom. The van der Waals surface area contributed by atoms with Gasteiger partial charge in [0.05, 0.1) is 6.26 Å². The van der Waals surface area contributed by atoms with Gasteiger partial charge in [0.1, 0.15) is 0 Å². The van der Waals surface area contributed by atoms with Crippen LogP contribution in [0.2, 0.25) is 0 Å². The Bertz CT molecular complexity index is 341. The van der Waals surface area contributed by atoms with Crippen molar-refractivity contribution in [1.82, 2.24) is 9.21 Å². The van der Waals surface area contributed by atoms with E-state index in [1.165, 1.54) is 51.2 Å². The van der Waals surface area contributed by atoms with E-state index in [-0.39, 0.29) is 0 Å². The molecule has 1 aliphatic rings. The lowest BCUT2D eigenvalue weighted by Gasteiger charge is -2.33. The number of sulfonamides is 1. The third kappa shape index (κ3) is 7.96. The van der Waals surface area contributed by atoms with Gasteiger partial charge in [0.25, 0.3) is 0 Å². The predicted octanol–water partition coefficient (Wildman–Crippen LogP) is 2.69. The highest BCUT2D eigenvalue weighted by molar-refractivity contribution is 9.09. The van der Waals surface area contributed by atoms with Gasteiger partial charge in [-0.1, -0.05) is 48.0 Å². The van der Waals surface area contributed by atoms with Gasteiger partial charge in [-0.3, -0.25) is 0 Å². The average Bonchev–Trinajstić information content (AvgIpc) is 2.41. The van der Waals surface area contributed by atoms with Crippen molar-refractivity contribution in [3.8, 4) is 0 Å². The second-order valence-electron chi connectivity index (χ2n) is 5.67. The van der Waals surface area contributed by atoms with Gasteiger partial charge in [-0.25, -0.2) is 8.42 Å². The summed E-state index contributed by atoms with van der Waals surface area (Å²) in [5.74, 6) is 0. The number of hydrogen-bond donors (Lipinski definition) is 0. The standard InChI is InChI=1S/C14H29BrN2O2S/c1-20(18,19)17-13-11-16(12-14-17)10-8-6-4-2-3-5-7-9-15/h2-14H2,1H3. The topological polar surface area (TPSA) is 40.6 Å². The molecule has 0 radical (unpaired) electrons. The maximum atomic E-state index is 11.4. The molecule has 1 heterocycles. The average molecular weight is 369 g/mol. The minimum atomic E-state index is -2.99. The van der Waals surface area contributed by atoms with Gasteiger partial charge >= 0.3 is 0 Å². The molecule has 1 rings (SSSR count). The van der Waals surface area contributed by atoms with E-state index in [0.29, 0.717) is 13.1 Å². The second kappa shape index (κ2) is 10.1. The smallest absolute Gasteiger partial charge is 0.211 e. The molecule has 0 N–H and O–H groups in total. The van der Waals surface area contributed by atoms with E-state index >= 15 is 0 Å². The SMILES string of the molecule is CS(=O)(=O)N1CCN(CCCCCCCCCBr)CC1. The van der Waals surface area contributed by atoms with Crippen LogP contribution in [0, 0.1) is 0 Å². The Morgan fingerprint density at radius 2 is 1.35 bits per heavy atom. The largest absolute Gasteiger partial charge is 0.301 e. The van der Waals surface area contributed by atoms with Gasteiger partial charge in [-0.05, 0) is 19.4 Å². The van der Waals surface area contributed by atoms with Gasteiger partial charge in [0, 0.05) is 31.5 Å². The van der Waals surface area contributed by atoms with Crippen LogP contribution in [0.4, 0.5) is 0 Å². The number of nitrogens with zero attached hydrogens (tertiary/aromatic N) is 2. The second-order valence-corrected chi connectivity index (χ2v) is 8.44. The van der Waals surface area contributed by atoms with Crippen LogP contribution >= 0.6 is 15.9 Å². The molecular weight excluding hydrogens is 340 g/mol. The van der Waals surface area contributed by atoms with Crippen LogP contribution in [0.5, 0.6) is 0 Å². The third-order valence-corrected chi connectivity index (χ3v) is 5.77. The van der Waals surface area contributed by atoms with E-state index in [1.54, 1.807) is 4.31 Å². The molecule has 1 saturated heterocycles. The van der Waals surface area contributed by atoms with E-state index in [2.05, 4.69) is 20.8 Å². The van der Waals surface area contributed by atoms with Crippen molar-refractivity contribution < 1.29 is 8.42 Å². The lowest BCUT2D eigenvalue weighted by molar-refractivity contribution is 0.186. The minimum Gasteiger partial charge on any atom is -0.301 e. The summed E-state index contributed by atoms with van der Waals surface area (Å²) in [5, 5.41) is 1.13. The summed E-state index contributed by atoms with van der Waals surface area (Å²) in [6.45, 7) is 4.21. The summed E-state index contributed by atoms with van der Waals surface area (Å²) in [6.07, 6.45) is 10.6. The van der Waals surface area contributed by atoms with Gasteiger partial charge < -0.3 is 4.90 Å². The monoisotopic (exact) mass is 368 g/mol. The summed E-state index contributed by atoms with van der Waals surface area (Å²) < 4.78 is 24.4. The Labute approximate surface area is 133 Å². The van der Waals surface area contributed by atoms with Crippen molar-refractivity contribution in [3.05, 3.63) is 0 Å². The summed E-state index contributed by atoms with van der Waals surface area (Å²) in [6, 6.07) is 0. The highest BCUT2D eigenvalue weighted by Crippen LogP contribution is 2.10. The normalized spacial score (nSPS) is 18.5.